The summed E-state index contributed by atoms with van der Waals surface area (Å²) in [6, 6.07) is 10.4. The van der Waals surface area contributed by atoms with Gasteiger partial charge in [-0.2, -0.15) is 0 Å². The lowest BCUT2D eigenvalue weighted by molar-refractivity contribution is 0.0466. The van der Waals surface area contributed by atoms with E-state index < -0.39 is 0 Å². The zero-order valence-corrected chi connectivity index (χ0v) is 10.9. The first kappa shape index (κ1) is 12.2. The molecule has 2 aromatic rings. The minimum atomic E-state index is -0.384. The highest BCUT2D eigenvalue weighted by molar-refractivity contribution is 5.92. The van der Waals surface area contributed by atoms with Crippen LogP contribution in [0.25, 0.3) is 11.0 Å². The molecule has 0 saturated carbocycles. The molecule has 0 amide bonds. The lowest BCUT2D eigenvalue weighted by Crippen LogP contribution is -2.08. The van der Waals surface area contributed by atoms with Crippen LogP contribution < -0.4 is 5.32 Å². The Labute approximate surface area is 111 Å². The van der Waals surface area contributed by atoms with Gasteiger partial charge in [0.15, 0.2) is 0 Å². The second-order valence-electron chi connectivity index (χ2n) is 4.86. The number of carbonyl (C=O) groups excluding carboxylic acids is 1. The number of furan rings is 1. The highest BCUT2D eigenvalue weighted by atomic mass is 16.5. The van der Waals surface area contributed by atoms with E-state index in [1.807, 2.05) is 24.3 Å². The van der Waals surface area contributed by atoms with Gasteiger partial charge in [-0.3, -0.25) is 0 Å². The molecule has 4 nitrogen and oxygen atoms in total. The van der Waals surface area contributed by atoms with Crippen molar-refractivity contribution in [2.24, 2.45) is 0 Å². The van der Waals surface area contributed by atoms with Crippen LogP contribution in [0.3, 0.4) is 0 Å². The predicted molar refractivity (Wildman–Crippen MR) is 72.1 cm³/mol. The molecular formula is C15H17NO3. The fourth-order valence-corrected chi connectivity index (χ4v) is 2.34. The molecule has 2 atom stereocenters. The summed E-state index contributed by atoms with van der Waals surface area (Å²) in [5.41, 5.74) is 0.712. The van der Waals surface area contributed by atoms with Gasteiger partial charge >= 0.3 is 5.97 Å². The Balaban J connectivity index is 1.55. The SMILES string of the molecule is CCC1NC1CCOC(=O)c1cc2ccccc2o1. The van der Waals surface area contributed by atoms with Crippen LogP contribution in [0.4, 0.5) is 0 Å². The van der Waals surface area contributed by atoms with Crippen LogP contribution in [-0.2, 0) is 4.74 Å². The Hall–Kier alpha value is -1.81. The molecule has 2 heterocycles. The largest absolute Gasteiger partial charge is 0.460 e. The zero-order valence-electron chi connectivity index (χ0n) is 10.9. The quantitative estimate of drug-likeness (QED) is 0.662. The van der Waals surface area contributed by atoms with Crippen LogP contribution in [-0.4, -0.2) is 24.7 Å². The minimum Gasteiger partial charge on any atom is -0.460 e. The Morgan fingerprint density at radius 3 is 2.95 bits per heavy atom. The number of carbonyl (C=O) groups is 1. The fourth-order valence-electron chi connectivity index (χ4n) is 2.34. The van der Waals surface area contributed by atoms with Crippen LogP contribution >= 0.6 is 0 Å². The Morgan fingerprint density at radius 2 is 2.21 bits per heavy atom. The molecule has 0 aliphatic carbocycles. The monoisotopic (exact) mass is 259 g/mol. The fraction of sp³-hybridized carbons (Fsp3) is 0.400. The number of para-hydroxylation sites is 1. The Morgan fingerprint density at radius 1 is 1.37 bits per heavy atom. The molecule has 1 N–H and O–H groups in total. The Kier molecular flexibility index (Phi) is 3.25. The molecule has 1 aromatic heterocycles. The van der Waals surface area contributed by atoms with Gasteiger partial charge in [0.1, 0.15) is 5.58 Å². The van der Waals surface area contributed by atoms with Crippen molar-refractivity contribution in [1.82, 2.24) is 5.32 Å². The van der Waals surface area contributed by atoms with Gasteiger partial charge in [-0.25, -0.2) is 4.79 Å². The number of benzene rings is 1. The third-order valence-electron chi connectivity index (χ3n) is 3.53. The average molecular weight is 259 g/mol. The van der Waals surface area contributed by atoms with E-state index in [4.69, 9.17) is 9.15 Å². The maximum absolute atomic E-state index is 11.8. The van der Waals surface area contributed by atoms with Gasteiger partial charge in [-0.05, 0) is 25.0 Å². The molecule has 0 spiro atoms. The van der Waals surface area contributed by atoms with Crippen LogP contribution in [0, 0.1) is 0 Å². The third-order valence-corrected chi connectivity index (χ3v) is 3.53. The van der Waals surface area contributed by atoms with Gasteiger partial charge in [0.25, 0.3) is 0 Å². The first-order chi connectivity index (χ1) is 9.28. The van der Waals surface area contributed by atoms with Crippen molar-refractivity contribution in [3.05, 3.63) is 36.1 Å². The Bertz CT molecular complexity index is 557. The summed E-state index contributed by atoms with van der Waals surface area (Å²) in [6.45, 7) is 2.59. The van der Waals surface area contributed by atoms with Crippen LogP contribution in [0.2, 0.25) is 0 Å². The summed E-state index contributed by atoms with van der Waals surface area (Å²) < 4.78 is 10.7. The molecule has 19 heavy (non-hydrogen) atoms. The first-order valence-electron chi connectivity index (χ1n) is 6.69. The number of ether oxygens (including phenoxy) is 1. The lowest BCUT2D eigenvalue weighted by atomic mass is 10.2. The van der Waals surface area contributed by atoms with Crippen LogP contribution in [0.5, 0.6) is 0 Å². The second-order valence-corrected chi connectivity index (χ2v) is 4.86. The second kappa shape index (κ2) is 5.05. The summed E-state index contributed by atoms with van der Waals surface area (Å²) >= 11 is 0. The van der Waals surface area contributed by atoms with Gasteiger partial charge in [-0.1, -0.05) is 25.1 Å². The van der Waals surface area contributed by atoms with Crippen molar-refractivity contribution in [3.8, 4) is 0 Å². The van der Waals surface area contributed by atoms with Crippen molar-refractivity contribution >= 4 is 16.9 Å². The number of hydrogen-bond acceptors (Lipinski definition) is 4. The molecule has 2 unspecified atom stereocenters. The highest BCUT2D eigenvalue weighted by Crippen LogP contribution is 2.20. The molecule has 1 aliphatic rings. The van der Waals surface area contributed by atoms with Crippen molar-refractivity contribution in [3.63, 3.8) is 0 Å². The number of fused-ring (bicyclic) bond motifs is 1. The van der Waals surface area contributed by atoms with Gasteiger partial charge in [-0.15, -0.1) is 0 Å². The molecule has 100 valence electrons. The molecule has 0 bridgehead atoms. The van der Waals surface area contributed by atoms with Crippen molar-refractivity contribution in [2.45, 2.75) is 31.8 Å². The number of hydrogen-bond donors (Lipinski definition) is 1. The van der Waals surface area contributed by atoms with E-state index in [-0.39, 0.29) is 11.7 Å². The normalized spacial score (nSPS) is 21.5. The summed E-state index contributed by atoms with van der Waals surface area (Å²) in [5, 5.41) is 4.26. The van der Waals surface area contributed by atoms with Crippen molar-refractivity contribution < 1.29 is 13.9 Å². The molecule has 1 aromatic carbocycles. The van der Waals surface area contributed by atoms with Crippen LogP contribution in [0.15, 0.2) is 34.7 Å². The molecule has 3 rings (SSSR count). The lowest BCUT2D eigenvalue weighted by Gasteiger charge is -2.01. The molecule has 4 heteroatoms. The number of esters is 1. The number of rotatable bonds is 5. The van der Waals surface area contributed by atoms with E-state index in [2.05, 4.69) is 12.2 Å². The standard InChI is InChI=1S/C15H17NO3/c1-2-11-12(16-11)7-8-18-15(17)14-9-10-5-3-4-6-13(10)19-14/h3-6,9,11-12,16H,2,7-8H2,1H3. The van der Waals surface area contributed by atoms with Gasteiger partial charge in [0, 0.05) is 17.5 Å². The van der Waals surface area contributed by atoms with E-state index in [1.165, 1.54) is 0 Å². The maximum Gasteiger partial charge on any atom is 0.374 e. The zero-order chi connectivity index (χ0) is 13.2. The molecule has 1 saturated heterocycles. The third kappa shape index (κ3) is 2.63. The summed E-state index contributed by atoms with van der Waals surface area (Å²) in [6.07, 6.45) is 1.99. The molecule has 1 aliphatic heterocycles. The van der Waals surface area contributed by atoms with E-state index >= 15 is 0 Å². The van der Waals surface area contributed by atoms with Crippen LogP contribution in [0.1, 0.15) is 30.3 Å². The van der Waals surface area contributed by atoms with E-state index in [0.29, 0.717) is 24.3 Å². The van der Waals surface area contributed by atoms with E-state index in [1.54, 1.807) is 6.07 Å². The van der Waals surface area contributed by atoms with Gasteiger partial charge in [0.2, 0.25) is 5.76 Å². The van der Waals surface area contributed by atoms with E-state index in [0.717, 1.165) is 18.2 Å². The molecule has 1 fully saturated rings. The summed E-state index contributed by atoms with van der Waals surface area (Å²) in [5.74, 6) is -0.109. The molecular weight excluding hydrogens is 242 g/mol. The maximum atomic E-state index is 11.8. The molecule has 0 radical (unpaired) electrons. The number of nitrogens with one attached hydrogen (secondary N) is 1. The minimum absolute atomic E-state index is 0.275. The van der Waals surface area contributed by atoms with E-state index in [9.17, 15) is 4.79 Å². The summed E-state index contributed by atoms with van der Waals surface area (Å²) in [7, 11) is 0. The van der Waals surface area contributed by atoms with Crippen molar-refractivity contribution in [1.29, 1.82) is 0 Å². The van der Waals surface area contributed by atoms with Crippen molar-refractivity contribution in [2.75, 3.05) is 6.61 Å². The van der Waals surface area contributed by atoms with Gasteiger partial charge in [0.05, 0.1) is 6.61 Å². The summed E-state index contributed by atoms with van der Waals surface area (Å²) in [4.78, 5) is 11.8. The highest BCUT2D eigenvalue weighted by Gasteiger charge is 2.33. The predicted octanol–water partition coefficient (Wildman–Crippen LogP) is 2.73. The smallest absolute Gasteiger partial charge is 0.374 e. The average Bonchev–Trinajstić information content (AvgIpc) is 3.05. The topological polar surface area (TPSA) is 61.4 Å². The van der Waals surface area contributed by atoms with Gasteiger partial charge < -0.3 is 14.5 Å². The first-order valence-corrected chi connectivity index (χ1v) is 6.69.